The quantitative estimate of drug-likeness (QED) is 0.748. The summed E-state index contributed by atoms with van der Waals surface area (Å²) < 4.78 is 11.9. The number of benzene rings is 1. The second kappa shape index (κ2) is 4.46. The predicted molar refractivity (Wildman–Crippen MR) is 79.2 cm³/mol. The Morgan fingerprint density at radius 3 is 2.39 bits per heavy atom. The molecule has 0 aliphatic heterocycles. The number of furan rings is 1. The van der Waals surface area contributed by atoms with Gasteiger partial charge in [-0.25, -0.2) is 0 Å². The van der Waals surface area contributed by atoms with E-state index in [1.54, 1.807) is 0 Å². The molecule has 3 heteroatoms. The molecular weight excluding hydrogens is 240 g/mol. The minimum absolute atomic E-state index is 0.0898. The van der Waals surface area contributed by atoms with Crippen molar-refractivity contribution in [3.8, 4) is 5.75 Å². The van der Waals surface area contributed by atoms with Crippen LogP contribution in [0.3, 0.4) is 0 Å². The van der Waals surface area contributed by atoms with E-state index in [2.05, 4.69) is 46.0 Å². The maximum absolute atomic E-state index is 6.08. The molecule has 0 amide bonds. The first-order valence-corrected chi connectivity index (χ1v) is 9.28. The minimum Gasteiger partial charge on any atom is -0.544 e. The zero-order chi connectivity index (χ0) is 13.5. The van der Waals surface area contributed by atoms with Crippen LogP contribution in [0.5, 0.6) is 5.75 Å². The van der Waals surface area contributed by atoms with Crippen molar-refractivity contribution >= 4 is 20.0 Å². The molecule has 0 aliphatic carbocycles. The average molecular weight is 262 g/mol. The molecule has 98 valence electrons. The Morgan fingerprint density at radius 1 is 1.17 bits per heavy atom. The number of hydrogen-bond donors (Lipinski definition) is 0. The van der Waals surface area contributed by atoms with Gasteiger partial charge in [0, 0.05) is 0 Å². The van der Waals surface area contributed by atoms with Crippen LogP contribution in [0.15, 0.2) is 22.6 Å². The largest absolute Gasteiger partial charge is 0.544 e. The second-order valence-electron chi connectivity index (χ2n) is 6.08. The minimum atomic E-state index is -1.13. The summed E-state index contributed by atoms with van der Waals surface area (Å²) in [4.78, 5) is 0. The lowest BCUT2D eigenvalue weighted by molar-refractivity contribution is 0.520. The predicted octanol–water partition coefficient (Wildman–Crippen LogP) is 4.40. The Kier molecular flexibility index (Phi) is 3.28. The van der Waals surface area contributed by atoms with Gasteiger partial charge in [-0.2, -0.15) is 0 Å². The third kappa shape index (κ3) is 2.32. The van der Waals surface area contributed by atoms with E-state index in [4.69, 9.17) is 8.84 Å². The Labute approximate surface area is 111 Å². The van der Waals surface area contributed by atoms with Crippen LogP contribution in [-0.2, 0) is 5.41 Å². The van der Waals surface area contributed by atoms with Crippen molar-refractivity contribution in [1.29, 1.82) is 0 Å². The topological polar surface area (TPSA) is 22.4 Å². The fourth-order valence-corrected chi connectivity index (χ4v) is 3.00. The molecule has 0 unspecified atom stereocenters. The first kappa shape index (κ1) is 13.2. The Hall–Kier alpha value is -1.22. The summed E-state index contributed by atoms with van der Waals surface area (Å²) in [7, 11) is -1.13. The van der Waals surface area contributed by atoms with Crippen LogP contribution in [0.4, 0.5) is 0 Å². The van der Waals surface area contributed by atoms with Crippen molar-refractivity contribution < 1.29 is 8.84 Å². The highest BCUT2D eigenvalue weighted by Crippen LogP contribution is 2.39. The molecule has 0 N–H and O–H groups in total. The average Bonchev–Trinajstić information content (AvgIpc) is 2.53. The van der Waals surface area contributed by atoms with E-state index < -0.39 is 9.04 Å². The van der Waals surface area contributed by atoms with Crippen molar-refractivity contribution in [2.45, 2.75) is 46.2 Å². The van der Waals surface area contributed by atoms with Gasteiger partial charge in [-0.1, -0.05) is 32.9 Å². The molecule has 2 rings (SSSR count). The van der Waals surface area contributed by atoms with Crippen LogP contribution in [0.25, 0.3) is 11.0 Å². The van der Waals surface area contributed by atoms with Crippen molar-refractivity contribution in [1.82, 2.24) is 0 Å². The molecule has 0 saturated heterocycles. The number of aryl methyl sites for hydroxylation is 1. The Morgan fingerprint density at radius 2 is 1.83 bits per heavy atom. The van der Waals surface area contributed by atoms with Crippen molar-refractivity contribution in [3.63, 3.8) is 0 Å². The fourth-order valence-electron chi connectivity index (χ4n) is 2.24. The van der Waals surface area contributed by atoms with Crippen LogP contribution >= 0.6 is 0 Å². The number of hydrogen-bond acceptors (Lipinski definition) is 2. The summed E-state index contributed by atoms with van der Waals surface area (Å²) in [5.74, 6) is 1.85. The third-order valence-corrected chi connectivity index (χ3v) is 3.70. The van der Waals surface area contributed by atoms with Gasteiger partial charge in [0.15, 0.2) is 5.75 Å². The second-order valence-corrected chi connectivity index (χ2v) is 8.42. The molecule has 18 heavy (non-hydrogen) atoms. The molecule has 2 nitrogen and oxygen atoms in total. The molecule has 0 aliphatic rings. The third-order valence-electron chi connectivity index (χ3n) is 3.00. The van der Waals surface area contributed by atoms with Crippen LogP contribution in [0.1, 0.15) is 32.1 Å². The van der Waals surface area contributed by atoms with E-state index in [0.29, 0.717) is 0 Å². The zero-order valence-electron chi connectivity index (χ0n) is 12.1. The number of fused-ring (bicyclic) bond motifs is 1. The van der Waals surface area contributed by atoms with E-state index in [-0.39, 0.29) is 5.41 Å². The van der Waals surface area contributed by atoms with Gasteiger partial charge >= 0.3 is 0 Å². The summed E-state index contributed by atoms with van der Waals surface area (Å²) in [6.07, 6.45) is 0. The normalized spacial score (nSPS) is 12.4. The Bertz CT molecular complexity index is 562. The highest BCUT2D eigenvalue weighted by Gasteiger charge is 2.23. The lowest BCUT2D eigenvalue weighted by Crippen LogP contribution is -2.14. The molecule has 0 bridgehead atoms. The van der Waals surface area contributed by atoms with E-state index in [1.807, 2.05) is 13.0 Å². The highest BCUT2D eigenvalue weighted by molar-refractivity contribution is 6.49. The molecular formula is C15H22O2Si. The van der Waals surface area contributed by atoms with Gasteiger partial charge in [-0.15, -0.1) is 0 Å². The van der Waals surface area contributed by atoms with E-state index in [1.165, 1.54) is 5.56 Å². The molecule has 1 heterocycles. The maximum atomic E-state index is 6.08. The van der Waals surface area contributed by atoms with Crippen molar-refractivity contribution in [2.24, 2.45) is 0 Å². The van der Waals surface area contributed by atoms with Crippen LogP contribution in [-0.4, -0.2) is 9.04 Å². The van der Waals surface area contributed by atoms with Crippen LogP contribution in [0, 0.1) is 6.92 Å². The van der Waals surface area contributed by atoms with Gasteiger partial charge in [-0.05, 0) is 37.1 Å². The molecule has 2 aromatic rings. The molecule has 1 aromatic heterocycles. The first-order chi connectivity index (χ1) is 8.30. The molecule has 0 radical (unpaired) electrons. The lowest BCUT2D eigenvalue weighted by Gasteiger charge is -2.21. The van der Waals surface area contributed by atoms with E-state index in [0.717, 1.165) is 22.5 Å². The van der Waals surface area contributed by atoms with Crippen LogP contribution < -0.4 is 4.43 Å². The van der Waals surface area contributed by atoms with Crippen LogP contribution in [0.2, 0.25) is 13.1 Å². The standard InChI is InChI=1S/C15H22O2Si/c1-10-14(17-18(5)6)13-11(15(2,3)4)8-7-9-12(13)16-10/h7-9,18H,1-6H3. The van der Waals surface area contributed by atoms with Gasteiger partial charge in [0.25, 0.3) is 0 Å². The van der Waals surface area contributed by atoms with Crippen molar-refractivity contribution in [3.05, 3.63) is 29.5 Å². The first-order valence-electron chi connectivity index (χ1n) is 6.50. The zero-order valence-corrected chi connectivity index (χ0v) is 13.3. The fraction of sp³-hybridized carbons (Fsp3) is 0.467. The lowest BCUT2D eigenvalue weighted by atomic mass is 9.85. The van der Waals surface area contributed by atoms with Gasteiger partial charge in [0.2, 0.25) is 9.04 Å². The van der Waals surface area contributed by atoms with E-state index in [9.17, 15) is 0 Å². The number of rotatable bonds is 2. The maximum Gasteiger partial charge on any atom is 0.229 e. The summed E-state index contributed by atoms with van der Waals surface area (Å²) in [6.45, 7) is 13.0. The summed E-state index contributed by atoms with van der Waals surface area (Å²) in [6, 6.07) is 6.25. The SMILES string of the molecule is Cc1oc2cccc(C(C)(C)C)c2c1O[SiH](C)C. The molecule has 0 fully saturated rings. The molecule has 1 aromatic carbocycles. The smallest absolute Gasteiger partial charge is 0.229 e. The van der Waals surface area contributed by atoms with E-state index >= 15 is 0 Å². The summed E-state index contributed by atoms with van der Waals surface area (Å²) in [5, 5.41) is 1.16. The molecule has 0 atom stereocenters. The van der Waals surface area contributed by atoms with Gasteiger partial charge in [0.1, 0.15) is 11.3 Å². The summed E-state index contributed by atoms with van der Waals surface area (Å²) >= 11 is 0. The molecule has 0 spiro atoms. The molecule has 0 saturated carbocycles. The highest BCUT2D eigenvalue weighted by atomic mass is 28.3. The van der Waals surface area contributed by atoms with Gasteiger partial charge in [0.05, 0.1) is 5.39 Å². The van der Waals surface area contributed by atoms with Gasteiger partial charge < -0.3 is 8.84 Å². The summed E-state index contributed by atoms with van der Waals surface area (Å²) in [5.41, 5.74) is 2.32. The Balaban J connectivity index is 2.73. The monoisotopic (exact) mass is 262 g/mol. The van der Waals surface area contributed by atoms with Gasteiger partial charge in [-0.3, -0.25) is 0 Å². The van der Waals surface area contributed by atoms with Crippen molar-refractivity contribution in [2.75, 3.05) is 0 Å².